The quantitative estimate of drug-likeness (QED) is 0.858. The van der Waals surface area contributed by atoms with Crippen molar-refractivity contribution in [1.29, 1.82) is 0 Å². The van der Waals surface area contributed by atoms with E-state index in [0.29, 0.717) is 17.4 Å². The van der Waals surface area contributed by atoms with E-state index in [1.807, 2.05) is 29.2 Å². The van der Waals surface area contributed by atoms with Gasteiger partial charge in [0.25, 0.3) is 5.91 Å². The highest BCUT2D eigenvalue weighted by Gasteiger charge is 2.33. The van der Waals surface area contributed by atoms with Gasteiger partial charge in [-0.3, -0.25) is 4.79 Å². The summed E-state index contributed by atoms with van der Waals surface area (Å²) in [5.74, 6) is 0.0296. The lowest BCUT2D eigenvalue weighted by molar-refractivity contribution is 0.0736. The van der Waals surface area contributed by atoms with Gasteiger partial charge in [0.1, 0.15) is 0 Å². The molecule has 2 aromatic rings. The van der Waals surface area contributed by atoms with Crippen molar-refractivity contribution in [2.75, 3.05) is 12.3 Å². The number of amides is 1. The van der Waals surface area contributed by atoms with Crippen LogP contribution in [0.25, 0.3) is 5.69 Å². The summed E-state index contributed by atoms with van der Waals surface area (Å²) in [7, 11) is 0. The zero-order valence-corrected chi connectivity index (χ0v) is 12.2. The summed E-state index contributed by atoms with van der Waals surface area (Å²) in [6.45, 7) is 2.89. The lowest BCUT2D eigenvalue weighted by Crippen LogP contribution is -2.34. The van der Waals surface area contributed by atoms with Gasteiger partial charge < -0.3 is 10.6 Å². The van der Waals surface area contributed by atoms with Gasteiger partial charge in [0.15, 0.2) is 5.69 Å². The normalized spacial score (nSPS) is 14.1. The maximum atomic E-state index is 12.6. The molecule has 110 valence electrons. The number of hydrogen-bond acceptors (Lipinski definition) is 3. The van der Waals surface area contributed by atoms with E-state index in [1.54, 1.807) is 16.9 Å². The maximum absolute atomic E-state index is 12.6. The first-order valence-electron chi connectivity index (χ1n) is 7.41. The number of carbonyl (C=O) groups is 1. The molecule has 2 N–H and O–H groups in total. The summed E-state index contributed by atoms with van der Waals surface area (Å²) in [4.78, 5) is 14.5. The monoisotopic (exact) mass is 284 g/mol. The molecule has 1 amide bonds. The van der Waals surface area contributed by atoms with E-state index in [-0.39, 0.29) is 5.91 Å². The summed E-state index contributed by atoms with van der Waals surface area (Å²) < 4.78 is 1.70. The first kappa shape index (κ1) is 13.7. The molecule has 0 radical (unpaired) electrons. The van der Waals surface area contributed by atoms with Crippen molar-refractivity contribution in [3.8, 4) is 5.69 Å². The smallest absolute Gasteiger partial charge is 0.274 e. The fourth-order valence-corrected chi connectivity index (χ4v) is 2.47. The third-order valence-corrected chi connectivity index (χ3v) is 3.66. The SMILES string of the molecule is CCCN(C(=O)c1ccn(-c2cccc(N)c2)n1)C1CC1. The molecule has 0 bridgehead atoms. The number of rotatable bonds is 5. The minimum atomic E-state index is 0.0296. The average molecular weight is 284 g/mol. The Hall–Kier alpha value is -2.30. The van der Waals surface area contributed by atoms with Gasteiger partial charge in [-0.25, -0.2) is 4.68 Å². The van der Waals surface area contributed by atoms with Crippen molar-refractivity contribution >= 4 is 11.6 Å². The molecule has 21 heavy (non-hydrogen) atoms. The number of hydrogen-bond donors (Lipinski definition) is 1. The highest BCUT2D eigenvalue weighted by Crippen LogP contribution is 2.28. The van der Waals surface area contributed by atoms with Crippen LogP contribution in [0.1, 0.15) is 36.7 Å². The van der Waals surface area contributed by atoms with Gasteiger partial charge in [-0.2, -0.15) is 5.10 Å². The van der Waals surface area contributed by atoms with Crippen LogP contribution >= 0.6 is 0 Å². The first-order valence-corrected chi connectivity index (χ1v) is 7.41. The number of benzene rings is 1. The molecule has 1 aliphatic rings. The highest BCUT2D eigenvalue weighted by molar-refractivity contribution is 5.92. The van der Waals surface area contributed by atoms with E-state index in [9.17, 15) is 4.79 Å². The molecule has 3 rings (SSSR count). The summed E-state index contributed by atoms with van der Waals surface area (Å²) in [5, 5.41) is 4.40. The number of nitrogens with zero attached hydrogens (tertiary/aromatic N) is 3. The third kappa shape index (κ3) is 2.91. The van der Waals surface area contributed by atoms with Gasteiger partial charge in [-0.15, -0.1) is 0 Å². The van der Waals surface area contributed by atoms with Crippen LogP contribution in [0.3, 0.4) is 0 Å². The van der Waals surface area contributed by atoms with Crippen molar-refractivity contribution in [3.05, 3.63) is 42.2 Å². The van der Waals surface area contributed by atoms with Crippen molar-refractivity contribution in [2.24, 2.45) is 0 Å². The number of carbonyl (C=O) groups excluding carboxylic acids is 1. The topological polar surface area (TPSA) is 64.2 Å². The van der Waals surface area contributed by atoms with E-state index < -0.39 is 0 Å². The minimum absolute atomic E-state index is 0.0296. The molecule has 5 nitrogen and oxygen atoms in total. The van der Waals surface area contributed by atoms with Gasteiger partial charge >= 0.3 is 0 Å². The predicted octanol–water partition coefficient (Wildman–Crippen LogP) is 2.47. The molecular formula is C16H20N4O. The van der Waals surface area contributed by atoms with Crippen LogP contribution in [0.15, 0.2) is 36.5 Å². The van der Waals surface area contributed by atoms with Gasteiger partial charge in [-0.1, -0.05) is 13.0 Å². The van der Waals surface area contributed by atoms with Crippen molar-refractivity contribution in [1.82, 2.24) is 14.7 Å². The van der Waals surface area contributed by atoms with E-state index in [0.717, 1.165) is 31.5 Å². The van der Waals surface area contributed by atoms with Crippen LogP contribution in [-0.4, -0.2) is 33.2 Å². The highest BCUT2D eigenvalue weighted by atomic mass is 16.2. The fourth-order valence-electron chi connectivity index (χ4n) is 2.47. The van der Waals surface area contributed by atoms with Crippen molar-refractivity contribution < 1.29 is 4.79 Å². The van der Waals surface area contributed by atoms with Crippen molar-refractivity contribution in [2.45, 2.75) is 32.2 Å². The number of nitrogen functional groups attached to an aromatic ring is 1. The minimum Gasteiger partial charge on any atom is -0.399 e. The molecule has 1 fully saturated rings. The molecule has 0 unspecified atom stereocenters. The van der Waals surface area contributed by atoms with Crippen LogP contribution in [0, 0.1) is 0 Å². The Bertz CT molecular complexity index is 645. The molecule has 0 spiro atoms. The lowest BCUT2D eigenvalue weighted by Gasteiger charge is -2.20. The third-order valence-electron chi connectivity index (χ3n) is 3.66. The van der Waals surface area contributed by atoms with Crippen LogP contribution < -0.4 is 5.73 Å². The van der Waals surface area contributed by atoms with Crippen LogP contribution in [-0.2, 0) is 0 Å². The predicted molar refractivity (Wildman–Crippen MR) is 82.3 cm³/mol. The molecular weight excluding hydrogens is 264 g/mol. The lowest BCUT2D eigenvalue weighted by atomic mass is 10.3. The van der Waals surface area contributed by atoms with Gasteiger partial charge in [0.2, 0.25) is 0 Å². The molecule has 1 aromatic carbocycles. The molecule has 0 aliphatic heterocycles. The summed E-state index contributed by atoms with van der Waals surface area (Å²) in [6.07, 6.45) is 5.00. The zero-order valence-electron chi connectivity index (χ0n) is 12.2. The zero-order chi connectivity index (χ0) is 14.8. The Morgan fingerprint density at radius 3 is 2.90 bits per heavy atom. The van der Waals surface area contributed by atoms with Gasteiger partial charge in [0.05, 0.1) is 5.69 Å². The van der Waals surface area contributed by atoms with Crippen LogP contribution in [0.2, 0.25) is 0 Å². The van der Waals surface area contributed by atoms with Gasteiger partial charge in [-0.05, 0) is 43.5 Å². The van der Waals surface area contributed by atoms with E-state index in [2.05, 4.69) is 12.0 Å². The summed E-state index contributed by atoms with van der Waals surface area (Å²) >= 11 is 0. The molecule has 1 aromatic heterocycles. The Morgan fingerprint density at radius 2 is 2.24 bits per heavy atom. The van der Waals surface area contributed by atoms with E-state index in [4.69, 9.17) is 5.73 Å². The Balaban J connectivity index is 1.82. The summed E-state index contributed by atoms with van der Waals surface area (Å²) in [5.41, 5.74) is 7.83. The summed E-state index contributed by atoms with van der Waals surface area (Å²) in [6, 6.07) is 9.65. The second kappa shape index (κ2) is 5.60. The van der Waals surface area contributed by atoms with Crippen LogP contribution in [0.5, 0.6) is 0 Å². The standard InChI is InChI=1S/C16H20N4O/c1-2-9-19(13-6-7-13)16(21)15-8-10-20(18-15)14-5-3-4-12(17)11-14/h3-5,8,10-11,13H,2,6-7,9,17H2,1H3. The maximum Gasteiger partial charge on any atom is 0.274 e. The number of nitrogens with two attached hydrogens (primary N) is 1. The Morgan fingerprint density at radius 1 is 1.43 bits per heavy atom. The Kier molecular flexibility index (Phi) is 3.64. The second-order valence-electron chi connectivity index (χ2n) is 5.47. The molecule has 1 heterocycles. The Labute approximate surface area is 124 Å². The molecule has 0 saturated heterocycles. The van der Waals surface area contributed by atoms with Gasteiger partial charge in [0, 0.05) is 24.5 Å². The van der Waals surface area contributed by atoms with E-state index in [1.165, 1.54) is 0 Å². The molecule has 5 heteroatoms. The largest absolute Gasteiger partial charge is 0.399 e. The van der Waals surface area contributed by atoms with Crippen LogP contribution in [0.4, 0.5) is 5.69 Å². The molecule has 1 aliphatic carbocycles. The average Bonchev–Trinajstić information content (AvgIpc) is 3.20. The first-order chi connectivity index (χ1) is 10.2. The number of aromatic nitrogens is 2. The molecule has 1 saturated carbocycles. The van der Waals surface area contributed by atoms with E-state index >= 15 is 0 Å². The number of anilines is 1. The van der Waals surface area contributed by atoms with Crippen molar-refractivity contribution in [3.63, 3.8) is 0 Å². The molecule has 0 atom stereocenters. The second-order valence-corrected chi connectivity index (χ2v) is 5.47. The fraction of sp³-hybridized carbons (Fsp3) is 0.375.